The lowest BCUT2D eigenvalue weighted by Gasteiger charge is -2.46. The molecule has 3 saturated heterocycles. The van der Waals surface area contributed by atoms with E-state index in [0.29, 0.717) is 25.7 Å². The van der Waals surface area contributed by atoms with Crippen molar-refractivity contribution in [2.45, 2.75) is 31.3 Å². The molecule has 7 heteroatoms. The lowest BCUT2D eigenvalue weighted by molar-refractivity contribution is -0.147. The van der Waals surface area contributed by atoms with Crippen molar-refractivity contribution in [3.63, 3.8) is 0 Å². The summed E-state index contributed by atoms with van der Waals surface area (Å²) >= 11 is 0. The van der Waals surface area contributed by atoms with Gasteiger partial charge in [-0.3, -0.25) is 4.90 Å². The van der Waals surface area contributed by atoms with Crippen molar-refractivity contribution < 1.29 is 19.4 Å². The molecule has 0 aromatic carbocycles. The fourth-order valence-electron chi connectivity index (χ4n) is 3.55. The van der Waals surface area contributed by atoms with Gasteiger partial charge in [0.15, 0.2) is 6.04 Å². The molecule has 3 fully saturated rings. The topological polar surface area (TPSA) is 73.3 Å². The van der Waals surface area contributed by atoms with Crippen LogP contribution in [0, 0.1) is 0 Å². The van der Waals surface area contributed by atoms with Crippen LogP contribution in [0.25, 0.3) is 0 Å². The van der Waals surface area contributed by atoms with Gasteiger partial charge in [0.25, 0.3) is 0 Å². The molecule has 0 bridgehead atoms. The number of morpholine rings is 1. The molecule has 7 nitrogen and oxygen atoms in total. The molecule has 2 atom stereocenters. The summed E-state index contributed by atoms with van der Waals surface area (Å²) in [5.74, 6) is -0.987. The van der Waals surface area contributed by atoms with Gasteiger partial charge in [-0.25, -0.2) is 9.59 Å². The van der Waals surface area contributed by atoms with E-state index in [1.54, 1.807) is 0 Å². The monoisotopic (exact) mass is 297 g/mol. The normalized spacial score (nSPS) is 30.9. The number of nitrogens with zero attached hydrogens (tertiary/aromatic N) is 3. The van der Waals surface area contributed by atoms with Gasteiger partial charge in [-0.1, -0.05) is 6.42 Å². The summed E-state index contributed by atoms with van der Waals surface area (Å²) in [7, 11) is 0. The number of carbonyl (C=O) groups is 2. The zero-order chi connectivity index (χ0) is 14.8. The third-order valence-electron chi connectivity index (χ3n) is 4.77. The molecule has 3 aliphatic rings. The highest BCUT2D eigenvalue weighted by atomic mass is 16.5. The highest BCUT2D eigenvalue weighted by Gasteiger charge is 2.38. The molecule has 3 rings (SSSR count). The number of rotatable bonds is 1. The Kier molecular flexibility index (Phi) is 4.30. The van der Waals surface area contributed by atoms with Crippen molar-refractivity contribution in [1.82, 2.24) is 14.7 Å². The van der Waals surface area contributed by atoms with E-state index in [-0.39, 0.29) is 12.6 Å². The number of fused-ring (bicyclic) bond motifs is 1. The van der Waals surface area contributed by atoms with E-state index in [0.717, 1.165) is 26.1 Å². The number of urea groups is 1. The number of carboxylic acids is 1. The van der Waals surface area contributed by atoms with Crippen LogP contribution in [0.1, 0.15) is 19.3 Å². The fourth-order valence-corrected chi connectivity index (χ4v) is 3.55. The largest absolute Gasteiger partial charge is 0.480 e. The lowest BCUT2D eigenvalue weighted by Crippen LogP contribution is -2.62. The Hall–Kier alpha value is -1.34. The number of ether oxygens (including phenoxy) is 1. The summed E-state index contributed by atoms with van der Waals surface area (Å²) in [6, 6.07) is -0.549. The number of carboxylic acid groups (broad SMARTS) is 1. The van der Waals surface area contributed by atoms with Gasteiger partial charge >= 0.3 is 12.0 Å². The van der Waals surface area contributed by atoms with E-state index < -0.39 is 12.0 Å². The second-order valence-electron chi connectivity index (χ2n) is 6.04. The minimum atomic E-state index is -0.987. The van der Waals surface area contributed by atoms with E-state index in [1.165, 1.54) is 17.7 Å². The predicted octanol–water partition coefficient (Wildman–Crippen LogP) is 0.0619. The molecular weight excluding hydrogens is 274 g/mol. The van der Waals surface area contributed by atoms with Crippen molar-refractivity contribution in [3.8, 4) is 0 Å². The average Bonchev–Trinajstić information content (AvgIpc) is 2.53. The highest BCUT2D eigenvalue weighted by Crippen LogP contribution is 2.22. The lowest BCUT2D eigenvalue weighted by atomic mass is 9.99. The van der Waals surface area contributed by atoms with E-state index in [4.69, 9.17) is 4.74 Å². The number of aliphatic carboxylic acids is 1. The van der Waals surface area contributed by atoms with Crippen molar-refractivity contribution in [2.24, 2.45) is 0 Å². The van der Waals surface area contributed by atoms with Gasteiger partial charge < -0.3 is 19.6 Å². The minimum Gasteiger partial charge on any atom is -0.480 e. The smallest absolute Gasteiger partial charge is 0.328 e. The summed E-state index contributed by atoms with van der Waals surface area (Å²) in [5, 5.41) is 9.24. The number of hydrogen-bond acceptors (Lipinski definition) is 4. The Morgan fingerprint density at radius 2 is 1.95 bits per heavy atom. The fraction of sp³-hybridized carbons (Fsp3) is 0.857. The number of amides is 2. The second kappa shape index (κ2) is 6.19. The molecule has 0 aromatic heterocycles. The summed E-state index contributed by atoms with van der Waals surface area (Å²) in [5.41, 5.74) is 0. The Morgan fingerprint density at radius 3 is 2.76 bits per heavy atom. The molecular formula is C14H23N3O4. The van der Waals surface area contributed by atoms with Gasteiger partial charge in [-0.2, -0.15) is 0 Å². The molecule has 2 unspecified atom stereocenters. The number of hydrogen-bond donors (Lipinski definition) is 1. The van der Waals surface area contributed by atoms with Crippen LogP contribution in [0.15, 0.2) is 0 Å². The molecule has 0 radical (unpaired) electrons. The van der Waals surface area contributed by atoms with Gasteiger partial charge in [0, 0.05) is 32.2 Å². The number of carbonyl (C=O) groups excluding carboxylic acids is 1. The molecule has 21 heavy (non-hydrogen) atoms. The van der Waals surface area contributed by atoms with Gasteiger partial charge in [0.05, 0.1) is 13.2 Å². The van der Waals surface area contributed by atoms with E-state index in [1.807, 2.05) is 4.90 Å². The summed E-state index contributed by atoms with van der Waals surface area (Å²) in [6.07, 6.45) is 3.60. The maximum Gasteiger partial charge on any atom is 0.328 e. The van der Waals surface area contributed by atoms with Crippen LogP contribution in [-0.4, -0.2) is 89.8 Å². The first-order valence-corrected chi connectivity index (χ1v) is 7.77. The molecule has 0 aliphatic carbocycles. The van der Waals surface area contributed by atoms with Gasteiger partial charge in [0.2, 0.25) is 0 Å². The Labute approximate surface area is 124 Å². The zero-order valence-electron chi connectivity index (χ0n) is 12.2. The summed E-state index contributed by atoms with van der Waals surface area (Å²) in [4.78, 5) is 29.7. The third kappa shape index (κ3) is 2.98. The van der Waals surface area contributed by atoms with E-state index in [9.17, 15) is 14.7 Å². The van der Waals surface area contributed by atoms with Crippen molar-refractivity contribution in [1.29, 1.82) is 0 Å². The molecule has 3 heterocycles. The maximum atomic E-state index is 12.7. The zero-order valence-corrected chi connectivity index (χ0v) is 12.2. The summed E-state index contributed by atoms with van der Waals surface area (Å²) in [6.45, 7) is 4.31. The maximum absolute atomic E-state index is 12.7. The van der Waals surface area contributed by atoms with Gasteiger partial charge in [0.1, 0.15) is 0 Å². The highest BCUT2D eigenvalue weighted by molar-refractivity contribution is 5.83. The Morgan fingerprint density at radius 1 is 1.10 bits per heavy atom. The van der Waals surface area contributed by atoms with Gasteiger partial charge in [-0.05, 0) is 19.4 Å². The molecule has 118 valence electrons. The SMILES string of the molecule is O=C(O)C1COCCN1C(=O)N1CCN2CCCCC2C1. The van der Waals surface area contributed by atoms with Crippen LogP contribution in [-0.2, 0) is 9.53 Å². The molecule has 0 spiro atoms. The quantitative estimate of drug-likeness (QED) is 0.741. The van der Waals surface area contributed by atoms with Crippen LogP contribution in [0.2, 0.25) is 0 Å². The molecule has 0 aromatic rings. The molecule has 1 N–H and O–H groups in total. The average molecular weight is 297 g/mol. The first-order valence-electron chi connectivity index (χ1n) is 7.77. The Balaban J connectivity index is 1.65. The molecule has 2 amide bonds. The first kappa shape index (κ1) is 14.6. The van der Waals surface area contributed by atoms with Crippen LogP contribution in [0.4, 0.5) is 4.79 Å². The standard InChI is InChI=1S/C14H23N3O4/c18-13(19)12-10-21-8-7-17(12)14(20)16-6-5-15-4-2-1-3-11(15)9-16/h11-12H,1-10H2,(H,18,19). The van der Waals surface area contributed by atoms with Crippen molar-refractivity contribution >= 4 is 12.0 Å². The van der Waals surface area contributed by atoms with Crippen LogP contribution in [0.5, 0.6) is 0 Å². The molecule has 3 aliphatic heterocycles. The van der Waals surface area contributed by atoms with Crippen LogP contribution < -0.4 is 0 Å². The van der Waals surface area contributed by atoms with E-state index in [2.05, 4.69) is 4.90 Å². The first-order chi connectivity index (χ1) is 10.2. The van der Waals surface area contributed by atoms with Gasteiger partial charge in [-0.15, -0.1) is 0 Å². The second-order valence-corrected chi connectivity index (χ2v) is 6.04. The van der Waals surface area contributed by atoms with E-state index >= 15 is 0 Å². The number of piperazine rings is 1. The van der Waals surface area contributed by atoms with Crippen LogP contribution >= 0.6 is 0 Å². The van der Waals surface area contributed by atoms with Crippen molar-refractivity contribution in [3.05, 3.63) is 0 Å². The molecule has 0 saturated carbocycles. The van der Waals surface area contributed by atoms with Crippen LogP contribution in [0.3, 0.4) is 0 Å². The Bertz CT molecular complexity index is 417. The van der Waals surface area contributed by atoms with Crippen molar-refractivity contribution in [2.75, 3.05) is 45.9 Å². The number of piperidine rings is 1. The summed E-state index contributed by atoms with van der Waals surface area (Å²) < 4.78 is 5.20. The minimum absolute atomic E-state index is 0.0878. The predicted molar refractivity (Wildman–Crippen MR) is 75.1 cm³/mol. The third-order valence-corrected chi connectivity index (χ3v) is 4.77.